The van der Waals surface area contributed by atoms with Gasteiger partial charge in [0.2, 0.25) is 0 Å². The average molecular weight is 242 g/mol. The second kappa shape index (κ2) is 5.45. The van der Waals surface area contributed by atoms with Gasteiger partial charge < -0.3 is 15.8 Å². The van der Waals surface area contributed by atoms with Crippen LogP contribution in [0.4, 0.5) is 11.4 Å². The molecule has 3 nitrogen and oxygen atoms in total. The number of benzene rings is 2. The molecule has 0 aromatic heterocycles. The largest absolute Gasteiger partial charge is 0.495 e. The van der Waals surface area contributed by atoms with E-state index in [1.165, 1.54) is 11.1 Å². The molecule has 18 heavy (non-hydrogen) atoms. The normalized spacial score (nSPS) is 10.1. The molecule has 0 atom stereocenters. The van der Waals surface area contributed by atoms with Crippen LogP contribution in [0.3, 0.4) is 0 Å². The van der Waals surface area contributed by atoms with Crippen LogP contribution < -0.4 is 15.8 Å². The molecule has 0 spiro atoms. The summed E-state index contributed by atoms with van der Waals surface area (Å²) in [6.07, 6.45) is 0. The molecule has 2 aromatic carbocycles. The lowest BCUT2D eigenvalue weighted by Crippen LogP contribution is -2.02. The van der Waals surface area contributed by atoms with Crippen LogP contribution >= 0.6 is 0 Å². The number of nitrogens with two attached hydrogens (primary N) is 1. The van der Waals surface area contributed by atoms with Crippen LogP contribution in [0.25, 0.3) is 0 Å². The van der Waals surface area contributed by atoms with E-state index in [0.717, 1.165) is 23.7 Å². The van der Waals surface area contributed by atoms with Crippen molar-refractivity contribution in [3.05, 3.63) is 53.6 Å². The fraction of sp³-hybridized carbons (Fsp3) is 0.200. The van der Waals surface area contributed by atoms with Crippen LogP contribution in [-0.4, -0.2) is 7.11 Å². The first-order valence-electron chi connectivity index (χ1n) is 5.92. The predicted molar refractivity (Wildman–Crippen MR) is 75.9 cm³/mol. The SMILES string of the molecule is COc1ccc(N)cc1NCc1ccc(C)cc1. The Kier molecular flexibility index (Phi) is 3.72. The van der Waals surface area contributed by atoms with Gasteiger partial charge in [-0.25, -0.2) is 0 Å². The van der Waals surface area contributed by atoms with Crippen LogP contribution in [0.5, 0.6) is 5.75 Å². The Hall–Kier alpha value is -2.16. The molecule has 0 aliphatic heterocycles. The highest BCUT2D eigenvalue weighted by atomic mass is 16.5. The summed E-state index contributed by atoms with van der Waals surface area (Å²) in [5.74, 6) is 0.802. The summed E-state index contributed by atoms with van der Waals surface area (Å²) in [4.78, 5) is 0. The van der Waals surface area contributed by atoms with E-state index in [-0.39, 0.29) is 0 Å². The molecule has 0 aliphatic carbocycles. The van der Waals surface area contributed by atoms with Gasteiger partial charge in [0.05, 0.1) is 12.8 Å². The molecule has 0 bridgehead atoms. The highest BCUT2D eigenvalue weighted by Gasteiger charge is 2.02. The van der Waals surface area contributed by atoms with Gasteiger partial charge in [0.15, 0.2) is 0 Å². The quantitative estimate of drug-likeness (QED) is 0.809. The van der Waals surface area contributed by atoms with E-state index in [1.54, 1.807) is 7.11 Å². The summed E-state index contributed by atoms with van der Waals surface area (Å²) in [6, 6.07) is 14.0. The Balaban J connectivity index is 2.09. The molecule has 0 unspecified atom stereocenters. The van der Waals surface area contributed by atoms with Crippen LogP contribution in [0, 0.1) is 6.92 Å². The second-order valence-corrected chi connectivity index (χ2v) is 4.30. The van der Waals surface area contributed by atoms with Crippen molar-refractivity contribution in [3.8, 4) is 5.75 Å². The molecule has 94 valence electrons. The molecule has 0 amide bonds. The summed E-state index contributed by atoms with van der Waals surface area (Å²) in [5.41, 5.74) is 9.91. The van der Waals surface area contributed by atoms with Crippen molar-refractivity contribution in [3.63, 3.8) is 0 Å². The standard InChI is InChI=1S/C15H18N2O/c1-11-3-5-12(6-4-11)10-17-14-9-13(16)7-8-15(14)18-2/h3-9,17H,10,16H2,1-2H3. The topological polar surface area (TPSA) is 47.3 Å². The minimum Gasteiger partial charge on any atom is -0.495 e. The molecule has 0 aliphatic rings. The minimum atomic E-state index is 0.724. The minimum absolute atomic E-state index is 0.724. The van der Waals surface area contributed by atoms with Crippen LogP contribution in [0.2, 0.25) is 0 Å². The summed E-state index contributed by atoms with van der Waals surface area (Å²) >= 11 is 0. The molecular weight excluding hydrogens is 224 g/mol. The average Bonchev–Trinajstić information content (AvgIpc) is 2.38. The smallest absolute Gasteiger partial charge is 0.142 e. The van der Waals surface area contributed by atoms with Crippen molar-refractivity contribution in [1.29, 1.82) is 0 Å². The second-order valence-electron chi connectivity index (χ2n) is 4.30. The highest BCUT2D eigenvalue weighted by molar-refractivity contribution is 5.63. The number of methoxy groups -OCH3 is 1. The van der Waals surface area contributed by atoms with E-state index in [4.69, 9.17) is 10.5 Å². The number of anilines is 2. The zero-order valence-electron chi connectivity index (χ0n) is 10.7. The number of nitrogen functional groups attached to an aromatic ring is 1. The van der Waals surface area contributed by atoms with Gasteiger partial charge in [-0.15, -0.1) is 0 Å². The zero-order chi connectivity index (χ0) is 13.0. The molecule has 0 radical (unpaired) electrons. The van der Waals surface area contributed by atoms with Crippen molar-refractivity contribution >= 4 is 11.4 Å². The van der Waals surface area contributed by atoms with Gasteiger partial charge in [-0.05, 0) is 30.7 Å². The Morgan fingerprint density at radius 3 is 2.50 bits per heavy atom. The molecule has 2 rings (SSSR count). The number of hydrogen-bond acceptors (Lipinski definition) is 3. The maximum atomic E-state index is 5.78. The third kappa shape index (κ3) is 2.94. The van der Waals surface area contributed by atoms with Crippen molar-refractivity contribution in [2.45, 2.75) is 13.5 Å². The van der Waals surface area contributed by atoms with E-state index >= 15 is 0 Å². The summed E-state index contributed by atoms with van der Waals surface area (Å²) < 4.78 is 5.29. The predicted octanol–water partition coefficient (Wildman–Crippen LogP) is 3.20. The number of nitrogens with one attached hydrogen (secondary N) is 1. The molecular formula is C15H18N2O. The van der Waals surface area contributed by atoms with Gasteiger partial charge in [-0.1, -0.05) is 29.8 Å². The summed E-state index contributed by atoms with van der Waals surface area (Å²) in [6.45, 7) is 2.83. The van der Waals surface area contributed by atoms with Gasteiger partial charge in [-0.3, -0.25) is 0 Å². The third-order valence-corrected chi connectivity index (χ3v) is 2.83. The molecule has 0 fully saturated rings. The monoisotopic (exact) mass is 242 g/mol. The molecule has 2 aromatic rings. The Morgan fingerprint density at radius 2 is 1.83 bits per heavy atom. The van der Waals surface area contributed by atoms with Crippen LogP contribution in [0.1, 0.15) is 11.1 Å². The number of rotatable bonds is 4. The molecule has 0 heterocycles. The van der Waals surface area contributed by atoms with E-state index in [9.17, 15) is 0 Å². The van der Waals surface area contributed by atoms with Gasteiger partial charge >= 0.3 is 0 Å². The lowest BCUT2D eigenvalue weighted by Gasteiger charge is -2.12. The Morgan fingerprint density at radius 1 is 1.11 bits per heavy atom. The van der Waals surface area contributed by atoms with Crippen molar-refractivity contribution < 1.29 is 4.74 Å². The van der Waals surface area contributed by atoms with E-state index in [2.05, 4.69) is 36.5 Å². The van der Waals surface area contributed by atoms with Crippen LogP contribution in [0.15, 0.2) is 42.5 Å². The van der Waals surface area contributed by atoms with Gasteiger partial charge in [0.1, 0.15) is 5.75 Å². The number of aryl methyl sites for hydroxylation is 1. The van der Waals surface area contributed by atoms with E-state index in [1.807, 2.05) is 18.2 Å². The summed E-state index contributed by atoms with van der Waals surface area (Å²) in [5, 5.41) is 3.34. The number of hydrogen-bond donors (Lipinski definition) is 2. The first kappa shape index (κ1) is 12.3. The Bertz CT molecular complexity index is 521. The van der Waals surface area contributed by atoms with E-state index in [0.29, 0.717) is 0 Å². The fourth-order valence-electron chi connectivity index (χ4n) is 1.77. The van der Waals surface area contributed by atoms with Gasteiger partial charge in [0.25, 0.3) is 0 Å². The first-order chi connectivity index (χ1) is 8.69. The van der Waals surface area contributed by atoms with Gasteiger partial charge in [-0.2, -0.15) is 0 Å². The van der Waals surface area contributed by atoms with Crippen molar-refractivity contribution in [2.75, 3.05) is 18.2 Å². The fourth-order valence-corrected chi connectivity index (χ4v) is 1.77. The molecule has 3 N–H and O–H groups in total. The number of ether oxygens (including phenoxy) is 1. The summed E-state index contributed by atoms with van der Waals surface area (Å²) in [7, 11) is 1.66. The first-order valence-corrected chi connectivity index (χ1v) is 5.92. The van der Waals surface area contributed by atoms with E-state index < -0.39 is 0 Å². The highest BCUT2D eigenvalue weighted by Crippen LogP contribution is 2.26. The lowest BCUT2D eigenvalue weighted by atomic mass is 10.1. The van der Waals surface area contributed by atoms with Crippen LogP contribution in [-0.2, 0) is 6.54 Å². The van der Waals surface area contributed by atoms with Crippen molar-refractivity contribution in [1.82, 2.24) is 0 Å². The Labute approximate surface area is 108 Å². The molecule has 0 saturated heterocycles. The molecule has 0 saturated carbocycles. The molecule has 3 heteroatoms. The zero-order valence-corrected chi connectivity index (χ0v) is 10.7. The van der Waals surface area contributed by atoms with Crippen molar-refractivity contribution in [2.24, 2.45) is 0 Å². The lowest BCUT2D eigenvalue weighted by molar-refractivity contribution is 0.416. The maximum Gasteiger partial charge on any atom is 0.142 e. The third-order valence-electron chi connectivity index (χ3n) is 2.83. The van der Waals surface area contributed by atoms with Gasteiger partial charge in [0, 0.05) is 12.2 Å². The maximum absolute atomic E-state index is 5.78.